The first kappa shape index (κ1) is 13.5. The van der Waals surface area contributed by atoms with Crippen LogP contribution in [0.15, 0.2) is 42.5 Å². The fourth-order valence-corrected chi connectivity index (χ4v) is 1.90. The van der Waals surface area contributed by atoms with Crippen molar-refractivity contribution in [3.63, 3.8) is 0 Å². The topological polar surface area (TPSA) is 23.5 Å². The minimum absolute atomic E-state index is 0.202. The van der Waals surface area contributed by atoms with E-state index in [9.17, 15) is 13.9 Å². The molecule has 0 bridgehead atoms. The highest BCUT2D eigenvalue weighted by atomic mass is 19.1. The Morgan fingerprint density at radius 2 is 1.58 bits per heavy atom. The molecule has 0 saturated carbocycles. The minimum atomic E-state index is -1.05. The van der Waals surface area contributed by atoms with Gasteiger partial charge in [-0.15, -0.1) is 0 Å². The molecule has 1 unspecified atom stereocenters. The van der Waals surface area contributed by atoms with Gasteiger partial charge in [-0.1, -0.05) is 12.1 Å². The zero-order valence-corrected chi connectivity index (χ0v) is 10.8. The van der Waals surface area contributed by atoms with Crippen LogP contribution in [0.1, 0.15) is 17.2 Å². The van der Waals surface area contributed by atoms with Crippen LogP contribution in [0.25, 0.3) is 0 Å². The predicted octanol–water partition coefficient (Wildman–Crippen LogP) is 3.11. The van der Waals surface area contributed by atoms with Crippen molar-refractivity contribution >= 4 is 5.69 Å². The standard InChI is InChI=1S/C15H15F2NO/c1-18(2)14-5-3-4-10(8-14)15(19)11-6-12(16)9-13(17)7-11/h3-9,15,19H,1-2H3. The monoisotopic (exact) mass is 263 g/mol. The molecule has 0 amide bonds. The fraction of sp³-hybridized carbons (Fsp3) is 0.200. The Kier molecular flexibility index (Phi) is 3.81. The van der Waals surface area contributed by atoms with Crippen LogP contribution in [-0.2, 0) is 0 Å². The van der Waals surface area contributed by atoms with Crippen LogP contribution < -0.4 is 4.90 Å². The summed E-state index contributed by atoms with van der Waals surface area (Å²) in [6.07, 6.45) is -1.05. The first-order valence-corrected chi connectivity index (χ1v) is 5.88. The van der Waals surface area contributed by atoms with E-state index >= 15 is 0 Å². The molecule has 0 aromatic heterocycles. The van der Waals surface area contributed by atoms with Crippen LogP contribution in [0.4, 0.5) is 14.5 Å². The molecule has 100 valence electrons. The zero-order valence-electron chi connectivity index (χ0n) is 10.8. The van der Waals surface area contributed by atoms with Crippen molar-refractivity contribution in [3.05, 3.63) is 65.2 Å². The Bertz CT molecular complexity index is 564. The lowest BCUT2D eigenvalue weighted by Gasteiger charge is -2.17. The van der Waals surface area contributed by atoms with E-state index in [1.165, 1.54) is 0 Å². The fourth-order valence-electron chi connectivity index (χ4n) is 1.90. The van der Waals surface area contributed by atoms with Gasteiger partial charge in [-0.05, 0) is 35.4 Å². The highest BCUT2D eigenvalue weighted by molar-refractivity contribution is 5.48. The summed E-state index contributed by atoms with van der Waals surface area (Å²) < 4.78 is 26.3. The van der Waals surface area contributed by atoms with E-state index in [1.807, 2.05) is 25.1 Å². The second-order valence-corrected chi connectivity index (χ2v) is 4.59. The molecule has 1 atom stereocenters. The highest BCUT2D eigenvalue weighted by Crippen LogP contribution is 2.26. The molecule has 19 heavy (non-hydrogen) atoms. The smallest absolute Gasteiger partial charge is 0.126 e. The van der Waals surface area contributed by atoms with Crippen LogP contribution in [0, 0.1) is 11.6 Å². The third kappa shape index (κ3) is 3.09. The van der Waals surface area contributed by atoms with Crippen molar-refractivity contribution in [2.75, 3.05) is 19.0 Å². The Morgan fingerprint density at radius 3 is 2.16 bits per heavy atom. The van der Waals surface area contributed by atoms with Gasteiger partial charge in [0.15, 0.2) is 0 Å². The van der Waals surface area contributed by atoms with Crippen molar-refractivity contribution < 1.29 is 13.9 Å². The van der Waals surface area contributed by atoms with Crippen molar-refractivity contribution in [2.45, 2.75) is 6.10 Å². The maximum Gasteiger partial charge on any atom is 0.126 e. The highest BCUT2D eigenvalue weighted by Gasteiger charge is 2.13. The van der Waals surface area contributed by atoms with E-state index in [2.05, 4.69) is 0 Å². The summed E-state index contributed by atoms with van der Waals surface area (Å²) >= 11 is 0. The van der Waals surface area contributed by atoms with Gasteiger partial charge in [0.05, 0.1) is 0 Å². The van der Waals surface area contributed by atoms with Crippen LogP contribution in [0.3, 0.4) is 0 Å². The van der Waals surface area contributed by atoms with Gasteiger partial charge in [0, 0.05) is 25.8 Å². The van der Waals surface area contributed by atoms with Crippen LogP contribution in [-0.4, -0.2) is 19.2 Å². The Balaban J connectivity index is 2.38. The lowest BCUT2D eigenvalue weighted by atomic mass is 10.0. The molecular formula is C15H15F2NO. The van der Waals surface area contributed by atoms with E-state index < -0.39 is 17.7 Å². The van der Waals surface area contributed by atoms with E-state index in [0.29, 0.717) is 5.56 Å². The number of aliphatic hydroxyl groups is 1. The molecule has 0 aliphatic rings. The zero-order chi connectivity index (χ0) is 14.0. The van der Waals surface area contributed by atoms with E-state index in [1.54, 1.807) is 18.2 Å². The number of anilines is 1. The molecule has 2 aromatic rings. The second kappa shape index (κ2) is 5.36. The third-order valence-corrected chi connectivity index (χ3v) is 2.90. The molecule has 2 rings (SSSR count). The summed E-state index contributed by atoms with van der Waals surface area (Å²) in [4.78, 5) is 1.89. The van der Waals surface area contributed by atoms with Gasteiger partial charge in [0.1, 0.15) is 17.7 Å². The Hall–Kier alpha value is -1.94. The lowest BCUT2D eigenvalue weighted by Crippen LogP contribution is -2.09. The molecule has 0 aliphatic heterocycles. The molecule has 1 N–H and O–H groups in total. The molecule has 0 aliphatic carbocycles. The quantitative estimate of drug-likeness (QED) is 0.919. The van der Waals surface area contributed by atoms with Gasteiger partial charge >= 0.3 is 0 Å². The van der Waals surface area contributed by atoms with E-state index in [-0.39, 0.29) is 5.56 Å². The number of benzene rings is 2. The van der Waals surface area contributed by atoms with E-state index in [0.717, 1.165) is 23.9 Å². The van der Waals surface area contributed by atoms with Gasteiger partial charge in [0.25, 0.3) is 0 Å². The summed E-state index contributed by atoms with van der Waals surface area (Å²) in [6.45, 7) is 0. The van der Waals surface area contributed by atoms with Crippen molar-refractivity contribution in [3.8, 4) is 0 Å². The summed E-state index contributed by atoms with van der Waals surface area (Å²) in [5.74, 6) is -1.39. The van der Waals surface area contributed by atoms with Crippen molar-refractivity contribution in [2.24, 2.45) is 0 Å². The third-order valence-electron chi connectivity index (χ3n) is 2.90. The van der Waals surface area contributed by atoms with Crippen molar-refractivity contribution in [1.82, 2.24) is 0 Å². The van der Waals surface area contributed by atoms with Gasteiger partial charge in [0.2, 0.25) is 0 Å². The van der Waals surface area contributed by atoms with Crippen LogP contribution in [0.5, 0.6) is 0 Å². The predicted molar refractivity (Wildman–Crippen MR) is 71.2 cm³/mol. The summed E-state index contributed by atoms with van der Waals surface area (Å²) in [6, 6.07) is 10.2. The molecule has 2 nitrogen and oxygen atoms in total. The average Bonchev–Trinajstić information content (AvgIpc) is 2.37. The summed E-state index contributed by atoms with van der Waals surface area (Å²) in [5.41, 5.74) is 1.71. The number of nitrogens with zero attached hydrogens (tertiary/aromatic N) is 1. The first-order chi connectivity index (χ1) is 8.97. The summed E-state index contributed by atoms with van der Waals surface area (Å²) in [7, 11) is 3.76. The lowest BCUT2D eigenvalue weighted by molar-refractivity contribution is 0.219. The van der Waals surface area contributed by atoms with Crippen LogP contribution >= 0.6 is 0 Å². The van der Waals surface area contributed by atoms with Gasteiger partial charge < -0.3 is 10.0 Å². The molecule has 0 spiro atoms. The Morgan fingerprint density at radius 1 is 0.947 bits per heavy atom. The normalized spacial score (nSPS) is 12.3. The molecule has 0 fully saturated rings. The van der Waals surface area contributed by atoms with E-state index in [4.69, 9.17) is 0 Å². The number of hydrogen-bond donors (Lipinski definition) is 1. The molecule has 2 aromatic carbocycles. The number of rotatable bonds is 3. The molecule has 0 radical (unpaired) electrons. The molecule has 0 saturated heterocycles. The number of halogens is 2. The average molecular weight is 263 g/mol. The maximum atomic E-state index is 13.2. The van der Waals surface area contributed by atoms with Gasteiger partial charge in [-0.25, -0.2) is 8.78 Å². The van der Waals surface area contributed by atoms with Gasteiger partial charge in [-0.2, -0.15) is 0 Å². The SMILES string of the molecule is CN(C)c1cccc(C(O)c2cc(F)cc(F)c2)c1. The molecule has 4 heteroatoms. The Labute approximate surface area is 110 Å². The largest absolute Gasteiger partial charge is 0.384 e. The van der Waals surface area contributed by atoms with Gasteiger partial charge in [-0.3, -0.25) is 0 Å². The first-order valence-electron chi connectivity index (χ1n) is 5.88. The van der Waals surface area contributed by atoms with Crippen LogP contribution in [0.2, 0.25) is 0 Å². The number of hydrogen-bond acceptors (Lipinski definition) is 2. The maximum absolute atomic E-state index is 13.2. The number of aliphatic hydroxyl groups excluding tert-OH is 1. The van der Waals surface area contributed by atoms with Crippen molar-refractivity contribution in [1.29, 1.82) is 0 Å². The second-order valence-electron chi connectivity index (χ2n) is 4.59. The minimum Gasteiger partial charge on any atom is -0.384 e. The molecular weight excluding hydrogens is 248 g/mol. The summed E-state index contributed by atoms with van der Waals surface area (Å²) in [5, 5.41) is 10.2. The molecule has 0 heterocycles.